The lowest BCUT2D eigenvalue weighted by molar-refractivity contribution is -0.153. The number of benzene rings is 1. The molecule has 0 aliphatic heterocycles. The van der Waals surface area contributed by atoms with Gasteiger partial charge in [-0.3, -0.25) is 9.78 Å². The van der Waals surface area contributed by atoms with Crippen LogP contribution < -0.4 is 9.91 Å². The SMILES string of the molecule is Cc1c(OCC(F)(F)F)ccnc1CSc1nc2cc(CO)ccc2n1N(C=O)OC(C)(C)C. The van der Waals surface area contributed by atoms with Crippen molar-refractivity contribution in [2.45, 2.75) is 57.0 Å². The molecule has 1 aromatic carbocycles. The van der Waals surface area contributed by atoms with Crippen LogP contribution in [0, 0.1) is 6.92 Å². The van der Waals surface area contributed by atoms with Gasteiger partial charge in [0.15, 0.2) is 11.8 Å². The van der Waals surface area contributed by atoms with Gasteiger partial charge in [-0.05, 0) is 51.5 Å². The molecule has 0 aliphatic rings. The average Bonchev–Trinajstić information content (AvgIpc) is 3.12. The highest BCUT2D eigenvalue weighted by Gasteiger charge is 2.29. The lowest BCUT2D eigenvalue weighted by Crippen LogP contribution is -2.40. The van der Waals surface area contributed by atoms with E-state index in [4.69, 9.17) is 9.57 Å². The lowest BCUT2D eigenvalue weighted by atomic mass is 10.2. The van der Waals surface area contributed by atoms with Crippen LogP contribution in [0.5, 0.6) is 5.75 Å². The second-order valence-corrected chi connectivity index (χ2v) is 9.31. The molecule has 0 atom stereocenters. The van der Waals surface area contributed by atoms with E-state index in [0.717, 1.165) is 5.17 Å². The van der Waals surface area contributed by atoms with Gasteiger partial charge in [-0.25, -0.2) is 14.5 Å². The molecule has 3 aromatic rings. The second-order valence-electron chi connectivity index (χ2n) is 8.37. The van der Waals surface area contributed by atoms with E-state index in [-0.39, 0.29) is 18.1 Å². The van der Waals surface area contributed by atoms with E-state index < -0.39 is 18.4 Å². The maximum Gasteiger partial charge on any atom is 0.422 e. The van der Waals surface area contributed by atoms with E-state index in [1.54, 1.807) is 45.9 Å². The standard InChI is InChI=1S/C22H25F3N4O4S/c1-14-17(26-8-7-19(14)32-12-22(23,24)25)11-34-20-27-16-9-15(10-30)5-6-18(16)29(20)28(13-31)33-21(2,3)4/h5-9,13,30H,10-12H2,1-4H3. The molecular weight excluding hydrogens is 473 g/mol. The second kappa shape index (κ2) is 10.2. The molecule has 0 radical (unpaired) electrons. The maximum atomic E-state index is 12.6. The molecule has 1 amide bonds. The number of hydrogen-bond acceptors (Lipinski definition) is 7. The molecule has 8 nitrogen and oxygen atoms in total. The number of halogens is 3. The molecule has 0 bridgehead atoms. The fourth-order valence-corrected chi connectivity index (χ4v) is 4.04. The number of alkyl halides is 3. The Morgan fingerprint density at radius 2 is 1.97 bits per heavy atom. The summed E-state index contributed by atoms with van der Waals surface area (Å²) in [5.41, 5.74) is 2.05. The number of thioether (sulfide) groups is 1. The highest BCUT2D eigenvalue weighted by atomic mass is 32.2. The van der Waals surface area contributed by atoms with E-state index in [0.29, 0.717) is 39.4 Å². The van der Waals surface area contributed by atoms with E-state index in [1.165, 1.54) is 28.7 Å². The molecule has 0 fully saturated rings. The molecule has 184 valence electrons. The van der Waals surface area contributed by atoms with Gasteiger partial charge in [0.05, 0.1) is 28.9 Å². The monoisotopic (exact) mass is 498 g/mol. The number of imidazole rings is 1. The van der Waals surface area contributed by atoms with Crippen molar-refractivity contribution < 1.29 is 32.6 Å². The maximum absolute atomic E-state index is 12.6. The van der Waals surface area contributed by atoms with Gasteiger partial charge in [0.2, 0.25) is 0 Å². The first-order valence-electron chi connectivity index (χ1n) is 10.2. The van der Waals surface area contributed by atoms with Crippen molar-refractivity contribution in [2.24, 2.45) is 0 Å². The van der Waals surface area contributed by atoms with Gasteiger partial charge < -0.3 is 9.84 Å². The molecule has 0 saturated carbocycles. The summed E-state index contributed by atoms with van der Waals surface area (Å²) in [6, 6.07) is 6.51. The third-order valence-electron chi connectivity index (χ3n) is 4.49. The zero-order valence-electron chi connectivity index (χ0n) is 19.1. The number of nitrogens with zero attached hydrogens (tertiary/aromatic N) is 4. The van der Waals surface area contributed by atoms with Crippen LogP contribution in [0.1, 0.15) is 37.6 Å². The van der Waals surface area contributed by atoms with Crippen LogP contribution in [0.25, 0.3) is 11.0 Å². The van der Waals surface area contributed by atoms with Crippen LogP contribution in [0.4, 0.5) is 13.2 Å². The Kier molecular flexibility index (Phi) is 7.74. The Morgan fingerprint density at radius 3 is 2.59 bits per heavy atom. The van der Waals surface area contributed by atoms with Crippen LogP contribution in [-0.2, 0) is 22.0 Å². The summed E-state index contributed by atoms with van der Waals surface area (Å²) in [6.45, 7) is 5.43. The highest BCUT2D eigenvalue weighted by Crippen LogP contribution is 2.31. The molecule has 34 heavy (non-hydrogen) atoms. The largest absolute Gasteiger partial charge is 0.484 e. The van der Waals surface area contributed by atoms with Gasteiger partial charge in [-0.2, -0.15) is 13.2 Å². The topological polar surface area (TPSA) is 89.7 Å². The van der Waals surface area contributed by atoms with Crippen LogP contribution in [0.15, 0.2) is 35.6 Å². The first kappa shape index (κ1) is 25.8. The summed E-state index contributed by atoms with van der Waals surface area (Å²) in [5.74, 6) is 0.336. The zero-order chi connectivity index (χ0) is 25.1. The summed E-state index contributed by atoms with van der Waals surface area (Å²) in [5, 5.41) is 10.9. The summed E-state index contributed by atoms with van der Waals surface area (Å²) < 4.78 is 44.1. The summed E-state index contributed by atoms with van der Waals surface area (Å²) >= 11 is 1.22. The number of aliphatic hydroxyl groups excluding tert-OH is 1. The number of carbonyl (C=O) groups is 1. The highest BCUT2D eigenvalue weighted by molar-refractivity contribution is 7.98. The molecule has 0 spiro atoms. The van der Waals surface area contributed by atoms with Crippen LogP contribution in [0.3, 0.4) is 0 Å². The van der Waals surface area contributed by atoms with Crippen molar-refractivity contribution in [1.82, 2.24) is 14.6 Å². The summed E-state index contributed by atoms with van der Waals surface area (Å²) in [4.78, 5) is 26.5. The Balaban J connectivity index is 1.94. The lowest BCUT2D eigenvalue weighted by Gasteiger charge is -2.28. The Morgan fingerprint density at radius 1 is 1.24 bits per heavy atom. The molecule has 0 aliphatic carbocycles. The average molecular weight is 499 g/mol. The molecule has 12 heteroatoms. The third kappa shape index (κ3) is 6.39. The molecule has 3 rings (SSSR count). The molecule has 2 aromatic heterocycles. The van der Waals surface area contributed by atoms with Gasteiger partial charge in [0.1, 0.15) is 5.75 Å². The summed E-state index contributed by atoms with van der Waals surface area (Å²) in [6.07, 6.45) is -2.55. The number of hydroxylamine groups is 1. The van der Waals surface area contributed by atoms with E-state index in [9.17, 15) is 23.1 Å². The molecule has 2 heterocycles. The Hall–Kier alpha value is -2.83. The minimum atomic E-state index is -4.45. The van der Waals surface area contributed by atoms with Gasteiger partial charge in [0.25, 0.3) is 6.41 Å². The van der Waals surface area contributed by atoms with E-state index in [1.807, 2.05) is 0 Å². The van der Waals surface area contributed by atoms with Gasteiger partial charge in [-0.15, -0.1) is 5.17 Å². The number of fused-ring (bicyclic) bond motifs is 1. The minimum absolute atomic E-state index is 0.0922. The number of amides is 1. The van der Waals surface area contributed by atoms with Crippen LogP contribution in [0.2, 0.25) is 0 Å². The van der Waals surface area contributed by atoms with Gasteiger partial charge in [0, 0.05) is 17.5 Å². The minimum Gasteiger partial charge on any atom is -0.484 e. The quantitative estimate of drug-likeness (QED) is 0.267. The van der Waals surface area contributed by atoms with E-state index >= 15 is 0 Å². The van der Waals surface area contributed by atoms with Crippen LogP contribution >= 0.6 is 11.8 Å². The number of aliphatic hydroxyl groups is 1. The molecular formula is C22H25F3N4O4S. The normalized spacial score (nSPS) is 12.2. The number of hydrogen-bond donors (Lipinski definition) is 1. The fourth-order valence-electron chi connectivity index (χ4n) is 3.02. The molecule has 0 saturated heterocycles. The number of ether oxygens (including phenoxy) is 1. The van der Waals surface area contributed by atoms with Crippen molar-refractivity contribution >= 4 is 29.2 Å². The predicted molar refractivity (Wildman–Crippen MR) is 121 cm³/mol. The number of pyridine rings is 1. The van der Waals surface area contributed by atoms with Gasteiger partial charge in [-0.1, -0.05) is 17.8 Å². The summed E-state index contributed by atoms with van der Waals surface area (Å²) in [7, 11) is 0. The number of carbonyl (C=O) groups excluding carboxylic acids is 1. The molecule has 1 N–H and O–H groups in total. The van der Waals surface area contributed by atoms with E-state index in [2.05, 4.69) is 9.97 Å². The molecule has 0 unspecified atom stereocenters. The number of rotatable bonds is 9. The Bertz CT molecular complexity index is 1160. The number of aromatic nitrogens is 3. The predicted octanol–water partition coefficient (Wildman–Crippen LogP) is 4.29. The Labute approximate surface area is 198 Å². The van der Waals surface area contributed by atoms with Crippen molar-refractivity contribution in [2.75, 3.05) is 11.8 Å². The van der Waals surface area contributed by atoms with Crippen molar-refractivity contribution in [3.63, 3.8) is 0 Å². The first-order chi connectivity index (χ1) is 15.9. The smallest absolute Gasteiger partial charge is 0.422 e. The van der Waals surface area contributed by atoms with Crippen LogP contribution in [-0.4, -0.2) is 44.5 Å². The fraction of sp³-hybridized carbons (Fsp3) is 0.409. The first-order valence-corrected chi connectivity index (χ1v) is 11.2. The third-order valence-corrected chi connectivity index (χ3v) is 5.43. The van der Waals surface area contributed by atoms with Crippen molar-refractivity contribution in [3.8, 4) is 5.75 Å². The van der Waals surface area contributed by atoms with Crippen molar-refractivity contribution in [3.05, 3.63) is 47.3 Å². The zero-order valence-corrected chi connectivity index (χ0v) is 19.9. The van der Waals surface area contributed by atoms with Gasteiger partial charge >= 0.3 is 6.18 Å². The van der Waals surface area contributed by atoms with Crippen molar-refractivity contribution in [1.29, 1.82) is 0 Å².